The molecule has 0 spiro atoms. The second-order valence-corrected chi connectivity index (χ2v) is 5.12. The van der Waals surface area contributed by atoms with E-state index in [1.165, 1.54) is 22.6 Å². The van der Waals surface area contributed by atoms with E-state index in [4.69, 9.17) is 0 Å². The van der Waals surface area contributed by atoms with Crippen molar-refractivity contribution in [2.45, 2.75) is 12.3 Å². The molecule has 2 aromatic rings. The van der Waals surface area contributed by atoms with E-state index in [0.29, 0.717) is 5.92 Å². The second-order valence-electron chi connectivity index (χ2n) is 4.09. The fourth-order valence-corrected chi connectivity index (χ4v) is 2.75. The minimum Gasteiger partial charge on any atom is -0.319 e. The number of hydrogen-bond donors (Lipinski definition) is 1. The lowest BCUT2D eigenvalue weighted by Crippen LogP contribution is -2.18. The highest BCUT2D eigenvalue weighted by atomic mass is 32.1. The third-order valence-electron chi connectivity index (χ3n) is 2.82. The van der Waals surface area contributed by atoms with E-state index in [9.17, 15) is 4.39 Å². The lowest BCUT2D eigenvalue weighted by molar-refractivity contribution is 0.613. The van der Waals surface area contributed by atoms with Crippen LogP contribution >= 0.6 is 11.3 Å². The van der Waals surface area contributed by atoms with E-state index in [2.05, 4.69) is 22.8 Å². The number of nitrogens with one attached hydrogen (secondary N) is 1. The summed E-state index contributed by atoms with van der Waals surface area (Å²) in [6.45, 7) is 0.906. The lowest BCUT2D eigenvalue weighted by atomic mass is 9.95. The minimum absolute atomic E-state index is 0.173. The maximum Gasteiger partial charge on any atom is 0.123 e. The van der Waals surface area contributed by atoms with Crippen molar-refractivity contribution in [2.75, 3.05) is 13.6 Å². The van der Waals surface area contributed by atoms with Gasteiger partial charge in [-0.2, -0.15) is 0 Å². The van der Waals surface area contributed by atoms with Crippen LogP contribution in [0.15, 0.2) is 41.8 Å². The molecular weight excluding hydrogens is 233 g/mol. The first-order valence-corrected chi connectivity index (χ1v) is 6.60. The molecule has 0 saturated heterocycles. The first-order valence-electron chi connectivity index (χ1n) is 5.72. The molecule has 1 nitrogen and oxygen atoms in total. The first kappa shape index (κ1) is 12.3. The van der Waals surface area contributed by atoms with E-state index in [0.717, 1.165) is 13.0 Å². The van der Waals surface area contributed by atoms with Gasteiger partial charge >= 0.3 is 0 Å². The fraction of sp³-hybridized carbons (Fsp3) is 0.286. The predicted octanol–water partition coefficient (Wildman–Crippen LogP) is 3.43. The van der Waals surface area contributed by atoms with Gasteiger partial charge in [0.1, 0.15) is 5.82 Å². The van der Waals surface area contributed by atoms with Gasteiger partial charge in [-0.15, -0.1) is 11.3 Å². The van der Waals surface area contributed by atoms with Crippen molar-refractivity contribution in [3.63, 3.8) is 0 Å². The second kappa shape index (κ2) is 5.94. The SMILES string of the molecule is CNCC(Cc1cccs1)c1ccc(F)cc1. The smallest absolute Gasteiger partial charge is 0.123 e. The van der Waals surface area contributed by atoms with Crippen LogP contribution in [0.1, 0.15) is 16.4 Å². The van der Waals surface area contributed by atoms with Gasteiger partial charge in [-0.3, -0.25) is 0 Å². The van der Waals surface area contributed by atoms with Gasteiger partial charge in [-0.1, -0.05) is 18.2 Å². The molecule has 17 heavy (non-hydrogen) atoms. The Morgan fingerprint density at radius 1 is 1.24 bits per heavy atom. The Kier molecular flexibility index (Phi) is 4.29. The van der Waals surface area contributed by atoms with Crippen LogP contribution in [0.2, 0.25) is 0 Å². The van der Waals surface area contributed by atoms with Crippen LogP contribution in [0.3, 0.4) is 0 Å². The number of hydrogen-bond acceptors (Lipinski definition) is 2. The normalized spacial score (nSPS) is 12.6. The topological polar surface area (TPSA) is 12.0 Å². The number of benzene rings is 1. The van der Waals surface area contributed by atoms with Crippen LogP contribution < -0.4 is 5.32 Å². The summed E-state index contributed by atoms with van der Waals surface area (Å²) < 4.78 is 12.9. The highest BCUT2D eigenvalue weighted by molar-refractivity contribution is 7.09. The fourth-order valence-electron chi connectivity index (χ4n) is 1.96. The molecule has 1 N–H and O–H groups in total. The van der Waals surface area contributed by atoms with Crippen molar-refractivity contribution in [2.24, 2.45) is 0 Å². The molecule has 0 fully saturated rings. The Labute approximate surface area is 105 Å². The summed E-state index contributed by atoms with van der Waals surface area (Å²) in [5.74, 6) is 0.229. The van der Waals surface area contributed by atoms with Crippen LogP contribution in [0, 0.1) is 5.82 Å². The Bertz CT molecular complexity index is 436. The van der Waals surface area contributed by atoms with Crippen molar-refractivity contribution in [3.8, 4) is 0 Å². The molecule has 0 saturated carbocycles. The van der Waals surface area contributed by atoms with E-state index >= 15 is 0 Å². The Morgan fingerprint density at radius 2 is 2.00 bits per heavy atom. The molecular formula is C14H16FNS. The van der Waals surface area contributed by atoms with Crippen LogP contribution in [0.4, 0.5) is 4.39 Å². The van der Waals surface area contributed by atoms with Gasteiger partial charge in [0.2, 0.25) is 0 Å². The zero-order chi connectivity index (χ0) is 12.1. The molecule has 1 unspecified atom stereocenters. The van der Waals surface area contributed by atoms with Gasteiger partial charge in [0.05, 0.1) is 0 Å². The Balaban J connectivity index is 2.13. The molecule has 0 aliphatic rings. The van der Waals surface area contributed by atoms with Crippen LogP contribution in [0.25, 0.3) is 0 Å². The average Bonchev–Trinajstić information content (AvgIpc) is 2.82. The zero-order valence-electron chi connectivity index (χ0n) is 9.82. The molecule has 0 amide bonds. The molecule has 0 radical (unpaired) electrons. The lowest BCUT2D eigenvalue weighted by Gasteiger charge is -2.16. The molecule has 3 heteroatoms. The monoisotopic (exact) mass is 249 g/mol. The molecule has 0 aliphatic carbocycles. The summed E-state index contributed by atoms with van der Waals surface area (Å²) in [5, 5.41) is 5.30. The van der Waals surface area contributed by atoms with Gasteiger partial charge in [0, 0.05) is 17.3 Å². The molecule has 1 aromatic heterocycles. The van der Waals surface area contributed by atoms with Gasteiger partial charge in [-0.05, 0) is 42.6 Å². The average molecular weight is 249 g/mol. The van der Waals surface area contributed by atoms with E-state index in [1.807, 2.05) is 19.2 Å². The maximum atomic E-state index is 12.9. The molecule has 1 atom stereocenters. The number of thiophene rings is 1. The summed E-state index contributed by atoms with van der Waals surface area (Å²) in [6.07, 6.45) is 1.00. The summed E-state index contributed by atoms with van der Waals surface area (Å²) in [4.78, 5) is 1.37. The molecule has 2 rings (SSSR count). The van der Waals surface area contributed by atoms with Gasteiger partial charge in [-0.25, -0.2) is 4.39 Å². The van der Waals surface area contributed by atoms with Crippen LogP contribution in [-0.2, 0) is 6.42 Å². The van der Waals surface area contributed by atoms with Gasteiger partial charge in [0.25, 0.3) is 0 Å². The predicted molar refractivity (Wildman–Crippen MR) is 71.1 cm³/mol. The summed E-state index contributed by atoms with van der Waals surface area (Å²) >= 11 is 1.77. The van der Waals surface area contributed by atoms with Crippen LogP contribution in [-0.4, -0.2) is 13.6 Å². The van der Waals surface area contributed by atoms with Crippen LogP contribution in [0.5, 0.6) is 0 Å². The Morgan fingerprint density at radius 3 is 2.59 bits per heavy atom. The highest BCUT2D eigenvalue weighted by Gasteiger charge is 2.12. The first-order chi connectivity index (χ1) is 8.29. The van der Waals surface area contributed by atoms with E-state index in [1.54, 1.807) is 11.3 Å². The standard InChI is InChI=1S/C14H16FNS/c1-16-10-12(9-14-3-2-8-17-14)11-4-6-13(15)7-5-11/h2-8,12,16H,9-10H2,1H3. The van der Waals surface area contributed by atoms with E-state index < -0.39 is 0 Å². The maximum absolute atomic E-state index is 12.9. The number of rotatable bonds is 5. The third-order valence-corrected chi connectivity index (χ3v) is 3.72. The van der Waals surface area contributed by atoms with Crippen molar-refractivity contribution < 1.29 is 4.39 Å². The summed E-state index contributed by atoms with van der Waals surface area (Å²) in [7, 11) is 1.95. The largest absolute Gasteiger partial charge is 0.319 e. The van der Waals surface area contributed by atoms with Crippen molar-refractivity contribution in [1.29, 1.82) is 0 Å². The molecule has 0 aliphatic heterocycles. The third kappa shape index (κ3) is 3.38. The minimum atomic E-state index is -0.173. The molecule has 1 heterocycles. The van der Waals surface area contributed by atoms with Gasteiger partial charge < -0.3 is 5.32 Å². The highest BCUT2D eigenvalue weighted by Crippen LogP contribution is 2.23. The van der Waals surface area contributed by atoms with Crippen molar-refractivity contribution in [1.82, 2.24) is 5.32 Å². The van der Waals surface area contributed by atoms with E-state index in [-0.39, 0.29) is 5.82 Å². The molecule has 0 bridgehead atoms. The quantitative estimate of drug-likeness (QED) is 0.856. The van der Waals surface area contributed by atoms with Crippen molar-refractivity contribution in [3.05, 3.63) is 58.0 Å². The zero-order valence-corrected chi connectivity index (χ0v) is 10.6. The Hall–Kier alpha value is -1.19. The van der Waals surface area contributed by atoms with Gasteiger partial charge in [0.15, 0.2) is 0 Å². The number of likely N-dealkylation sites (N-methyl/N-ethyl adjacent to an activating group) is 1. The summed E-state index contributed by atoms with van der Waals surface area (Å²) in [5.41, 5.74) is 1.19. The number of halogens is 1. The molecule has 90 valence electrons. The summed E-state index contributed by atoms with van der Waals surface area (Å²) in [6, 6.07) is 11.0. The van der Waals surface area contributed by atoms with Crippen molar-refractivity contribution >= 4 is 11.3 Å². The molecule has 1 aromatic carbocycles.